The predicted octanol–water partition coefficient (Wildman–Crippen LogP) is 0.630. The molecule has 0 aliphatic carbocycles. The maximum absolute atomic E-state index is 5.47. The van der Waals surface area contributed by atoms with Crippen molar-refractivity contribution in [3.63, 3.8) is 0 Å². The zero-order valence-corrected chi connectivity index (χ0v) is 10.9. The standard InChI is InChI=1S/C12H18N6O/c1-17(9-2-6-19-7-3-9)12-11-14-4-5-18(11)8-10(15-12)16-13/h4-5,8-9,16H,2-3,6-7,13H2,1H3. The molecule has 0 unspecified atom stereocenters. The lowest BCUT2D eigenvalue weighted by Crippen LogP contribution is -2.37. The number of hydrogen-bond donors (Lipinski definition) is 2. The second kappa shape index (κ2) is 5.02. The first-order valence-electron chi connectivity index (χ1n) is 6.40. The zero-order valence-electron chi connectivity index (χ0n) is 10.9. The molecular weight excluding hydrogens is 244 g/mol. The van der Waals surface area contributed by atoms with E-state index in [9.17, 15) is 0 Å². The fraction of sp³-hybridized carbons (Fsp3) is 0.500. The second-order valence-corrected chi connectivity index (χ2v) is 4.71. The fourth-order valence-electron chi connectivity index (χ4n) is 2.47. The molecule has 7 heteroatoms. The molecular formula is C12H18N6O. The van der Waals surface area contributed by atoms with E-state index < -0.39 is 0 Å². The minimum absolute atomic E-state index is 0.426. The number of nitrogens with zero attached hydrogens (tertiary/aromatic N) is 4. The first-order valence-corrected chi connectivity index (χ1v) is 6.40. The SMILES string of the molecule is CN(c1nc(NN)cn2ccnc12)C1CCOCC1. The molecule has 0 saturated carbocycles. The van der Waals surface area contributed by atoms with E-state index in [-0.39, 0.29) is 0 Å². The van der Waals surface area contributed by atoms with Gasteiger partial charge in [0.1, 0.15) is 0 Å². The van der Waals surface area contributed by atoms with Crippen molar-refractivity contribution in [1.29, 1.82) is 0 Å². The molecule has 0 atom stereocenters. The molecule has 7 nitrogen and oxygen atoms in total. The number of hydrogen-bond acceptors (Lipinski definition) is 6. The lowest BCUT2D eigenvalue weighted by atomic mass is 10.1. The molecule has 0 bridgehead atoms. The Morgan fingerprint density at radius 1 is 1.47 bits per heavy atom. The average molecular weight is 262 g/mol. The molecule has 0 aromatic carbocycles. The quantitative estimate of drug-likeness (QED) is 0.624. The van der Waals surface area contributed by atoms with Crippen molar-refractivity contribution in [2.75, 3.05) is 30.6 Å². The fourth-order valence-corrected chi connectivity index (χ4v) is 2.47. The number of imidazole rings is 1. The molecule has 3 N–H and O–H groups in total. The Bertz CT molecular complexity index is 562. The number of rotatable bonds is 3. The first kappa shape index (κ1) is 12.2. The van der Waals surface area contributed by atoms with E-state index >= 15 is 0 Å². The van der Waals surface area contributed by atoms with Gasteiger partial charge in [-0.15, -0.1) is 0 Å². The van der Waals surface area contributed by atoms with E-state index in [1.807, 2.05) is 23.8 Å². The van der Waals surface area contributed by atoms with Gasteiger partial charge in [0.15, 0.2) is 17.3 Å². The third-order valence-electron chi connectivity index (χ3n) is 3.58. The lowest BCUT2D eigenvalue weighted by molar-refractivity contribution is 0.0854. The van der Waals surface area contributed by atoms with Gasteiger partial charge in [0.2, 0.25) is 0 Å². The number of nitrogens with two attached hydrogens (primary N) is 1. The summed E-state index contributed by atoms with van der Waals surface area (Å²) < 4.78 is 7.33. The molecule has 102 valence electrons. The summed E-state index contributed by atoms with van der Waals surface area (Å²) in [5.74, 6) is 6.94. The highest BCUT2D eigenvalue weighted by Gasteiger charge is 2.22. The van der Waals surface area contributed by atoms with Crippen LogP contribution in [0.3, 0.4) is 0 Å². The van der Waals surface area contributed by atoms with Crippen molar-refractivity contribution in [3.8, 4) is 0 Å². The summed E-state index contributed by atoms with van der Waals surface area (Å²) in [4.78, 5) is 11.1. The molecule has 3 heterocycles. The summed E-state index contributed by atoms with van der Waals surface area (Å²) in [6, 6.07) is 0.426. The van der Waals surface area contributed by atoms with Gasteiger partial charge in [0, 0.05) is 38.7 Å². The third-order valence-corrected chi connectivity index (χ3v) is 3.58. The summed E-state index contributed by atoms with van der Waals surface area (Å²) in [5, 5.41) is 0. The normalized spacial score (nSPS) is 16.7. The van der Waals surface area contributed by atoms with Crippen LogP contribution in [0.2, 0.25) is 0 Å². The van der Waals surface area contributed by atoms with Crippen LogP contribution in [-0.2, 0) is 4.74 Å². The highest BCUT2D eigenvalue weighted by Crippen LogP contribution is 2.24. The zero-order chi connectivity index (χ0) is 13.2. The summed E-state index contributed by atoms with van der Waals surface area (Å²) in [6.07, 6.45) is 7.48. The summed E-state index contributed by atoms with van der Waals surface area (Å²) in [5.41, 5.74) is 3.44. The van der Waals surface area contributed by atoms with Gasteiger partial charge in [-0.05, 0) is 12.8 Å². The van der Waals surface area contributed by atoms with Gasteiger partial charge in [-0.1, -0.05) is 0 Å². The molecule has 3 rings (SSSR count). The number of nitrogens with one attached hydrogen (secondary N) is 1. The number of anilines is 2. The molecule has 2 aromatic heterocycles. The second-order valence-electron chi connectivity index (χ2n) is 4.71. The molecule has 1 aliphatic rings. The molecule has 1 saturated heterocycles. The van der Waals surface area contributed by atoms with Crippen LogP contribution in [0.15, 0.2) is 18.6 Å². The smallest absolute Gasteiger partial charge is 0.180 e. The van der Waals surface area contributed by atoms with E-state index in [1.165, 1.54) is 0 Å². The highest BCUT2D eigenvalue weighted by molar-refractivity contribution is 5.66. The highest BCUT2D eigenvalue weighted by atomic mass is 16.5. The van der Waals surface area contributed by atoms with Crippen LogP contribution in [0.25, 0.3) is 5.65 Å². The first-order chi connectivity index (χ1) is 9.29. The van der Waals surface area contributed by atoms with Gasteiger partial charge in [0.05, 0.1) is 6.20 Å². The van der Waals surface area contributed by atoms with Crippen LogP contribution < -0.4 is 16.2 Å². The molecule has 0 radical (unpaired) electrons. The van der Waals surface area contributed by atoms with Crippen molar-refractivity contribution >= 4 is 17.3 Å². The van der Waals surface area contributed by atoms with E-state index in [1.54, 1.807) is 6.20 Å². The summed E-state index contributed by atoms with van der Waals surface area (Å²) >= 11 is 0. The number of nitrogen functional groups attached to an aromatic ring is 1. The van der Waals surface area contributed by atoms with Crippen LogP contribution in [0.5, 0.6) is 0 Å². The Hall–Kier alpha value is -1.86. The third kappa shape index (κ3) is 2.22. The molecule has 2 aromatic rings. The van der Waals surface area contributed by atoms with Gasteiger partial charge in [-0.25, -0.2) is 15.8 Å². The maximum Gasteiger partial charge on any atom is 0.180 e. The summed E-state index contributed by atoms with van der Waals surface area (Å²) in [7, 11) is 2.05. The van der Waals surface area contributed by atoms with Crippen molar-refractivity contribution < 1.29 is 4.74 Å². The number of hydrazine groups is 1. The van der Waals surface area contributed by atoms with Crippen molar-refractivity contribution in [1.82, 2.24) is 14.4 Å². The van der Waals surface area contributed by atoms with Crippen LogP contribution in [-0.4, -0.2) is 40.7 Å². The van der Waals surface area contributed by atoms with Gasteiger partial charge < -0.3 is 19.5 Å². The van der Waals surface area contributed by atoms with E-state index in [2.05, 4.69) is 20.3 Å². The average Bonchev–Trinajstić information content (AvgIpc) is 2.94. The van der Waals surface area contributed by atoms with Crippen molar-refractivity contribution in [2.24, 2.45) is 5.84 Å². The van der Waals surface area contributed by atoms with Crippen LogP contribution in [0.1, 0.15) is 12.8 Å². The van der Waals surface area contributed by atoms with E-state index in [0.29, 0.717) is 11.9 Å². The topological polar surface area (TPSA) is 80.7 Å². The Labute approximate surface area is 111 Å². The monoisotopic (exact) mass is 262 g/mol. The van der Waals surface area contributed by atoms with Gasteiger partial charge in [-0.3, -0.25) is 0 Å². The minimum atomic E-state index is 0.426. The molecule has 0 spiro atoms. The Morgan fingerprint density at radius 2 is 2.26 bits per heavy atom. The van der Waals surface area contributed by atoms with Gasteiger partial charge >= 0.3 is 0 Å². The van der Waals surface area contributed by atoms with Crippen molar-refractivity contribution in [2.45, 2.75) is 18.9 Å². The predicted molar refractivity (Wildman–Crippen MR) is 73.0 cm³/mol. The van der Waals surface area contributed by atoms with Crippen molar-refractivity contribution in [3.05, 3.63) is 18.6 Å². The number of fused-ring (bicyclic) bond motifs is 1. The van der Waals surface area contributed by atoms with Gasteiger partial charge in [0.25, 0.3) is 0 Å². The Balaban J connectivity index is 1.99. The summed E-state index contributed by atoms with van der Waals surface area (Å²) in [6.45, 7) is 1.60. The molecule has 0 amide bonds. The maximum atomic E-state index is 5.47. The molecule has 1 fully saturated rings. The number of aromatic nitrogens is 3. The minimum Gasteiger partial charge on any atom is -0.381 e. The van der Waals surface area contributed by atoms with E-state index in [4.69, 9.17) is 10.6 Å². The van der Waals surface area contributed by atoms with Crippen LogP contribution >= 0.6 is 0 Å². The Kier molecular flexibility index (Phi) is 3.22. The van der Waals surface area contributed by atoms with Gasteiger partial charge in [-0.2, -0.15) is 0 Å². The molecule has 19 heavy (non-hydrogen) atoms. The largest absolute Gasteiger partial charge is 0.381 e. The number of ether oxygens (including phenoxy) is 1. The molecule has 1 aliphatic heterocycles. The van der Waals surface area contributed by atoms with E-state index in [0.717, 1.165) is 37.5 Å². The Morgan fingerprint density at radius 3 is 3.00 bits per heavy atom. The lowest BCUT2D eigenvalue weighted by Gasteiger charge is -2.32. The van der Waals surface area contributed by atoms with Crippen LogP contribution in [0, 0.1) is 0 Å². The van der Waals surface area contributed by atoms with Crippen LogP contribution in [0.4, 0.5) is 11.6 Å².